The minimum Gasteiger partial charge on any atom is -0.411 e. The Hall–Kier alpha value is -2.33. The van der Waals surface area contributed by atoms with Crippen LogP contribution in [0.25, 0.3) is 0 Å². The van der Waals surface area contributed by atoms with E-state index < -0.39 is 0 Å². The molecule has 0 amide bonds. The lowest BCUT2D eigenvalue weighted by molar-refractivity contribution is 0.122. The normalized spacial score (nSPS) is 15.5. The highest BCUT2D eigenvalue weighted by Gasteiger charge is 2.12. The standard InChI is InChI=1S/C20H24N2O2/c1-16-4-2-3-5-17(16)8-11-20(21-23)18-6-9-19(10-7-18)22-12-14-24-15-13-22/h2-7,9-10,23H,8,11-15H2,1H3. The van der Waals surface area contributed by atoms with Crippen LogP contribution in [0.3, 0.4) is 0 Å². The Kier molecular flexibility index (Phi) is 5.49. The van der Waals surface area contributed by atoms with Crippen LogP contribution in [0, 0.1) is 6.92 Å². The quantitative estimate of drug-likeness (QED) is 0.519. The number of ether oxygens (including phenoxy) is 1. The molecule has 1 fully saturated rings. The number of aryl methyl sites for hydroxylation is 2. The van der Waals surface area contributed by atoms with Crippen LogP contribution in [0.5, 0.6) is 0 Å². The summed E-state index contributed by atoms with van der Waals surface area (Å²) in [6, 6.07) is 16.6. The van der Waals surface area contributed by atoms with Crippen molar-refractivity contribution in [3.63, 3.8) is 0 Å². The van der Waals surface area contributed by atoms with Crippen LogP contribution in [0.4, 0.5) is 5.69 Å². The number of oxime groups is 1. The second-order valence-electron chi connectivity index (χ2n) is 6.12. The predicted molar refractivity (Wildman–Crippen MR) is 97.3 cm³/mol. The Bertz CT molecular complexity index is 689. The van der Waals surface area contributed by atoms with Gasteiger partial charge in [0.15, 0.2) is 0 Å². The highest BCUT2D eigenvalue weighted by atomic mass is 16.5. The fraction of sp³-hybridized carbons (Fsp3) is 0.350. The number of hydrogen-bond donors (Lipinski definition) is 1. The first-order valence-electron chi connectivity index (χ1n) is 8.46. The van der Waals surface area contributed by atoms with Crippen molar-refractivity contribution in [2.24, 2.45) is 5.16 Å². The van der Waals surface area contributed by atoms with Crippen molar-refractivity contribution in [3.8, 4) is 0 Å². The molecular formula is C20H24N2O2. The van der Waals surface area contributed by atoms with E-state index in [1.54, 1.807) is 0 Å². The zero-order valence-electron chi connectivity index (χ0n) is 14.1. The lowest BCUT2D eigenvalue weighted by atomic mass is 9.99. The van der Waals surface area contributed by atoms with Crippen molar-refractivity contribution in [1.29, 1.82) is 0 Å². The van der Waals surface area contributed by atoms with Crippen molar-refractivity contribution in [2.75, 3.05) is 31.2 Å². The molecule has 24 heavy (non-hydrogen) atoms. The van der Waals surface area contributed by atoms with Crippen LogP contribution in [-0.4, -0.2) is 37.2 Å². The highest BCUT2D eigenvalue weighted by molar-refractivity contribution is 6.00. The van der Waals surface area contributed by atoms with E-state index in [1.165, 1.54) is 16.8 Å². The van der Waals surface area contributed by atoms with Gasteiger partial charge in [-0.05, 0) is 48.6 Å². The summed E-state index contributed by atoms with van der Waals surface area (Å²) >= 11 is 0. The predicted octanol–water partition coefficient (Wildman–Crippen LogP) is 3.64. The molecule has 0 aliphatic carbocycles. The first-order chi connectivity index (χ1) is 11.8. The molecule has 0 bridgehead atoms. The van der Waals surface area contributed by atoms with Crippen LogP contribution in [0.1, 0.15) is 23.1 Å². The van der Waals surface area contributed by atoms with Crippen LogP contribution >= 0.6 is 0 Å². The first-order valence-corrected chi connectivity index (χ1v) is 8.46. The number of nitrogens with zero attached hydrogens (tertiary/aromatic N) is 2. The summed E-state index contributed by atoms with van der Waals surface area (Å²) in [4.78, 5) is 2.32. The van der Waals surface area contributed by atoms with Crippen molar-refractivity contribution in [1.82, 2.24) is 0 Å². The summed E-state index contributed by atoms with van der Waals surface area (Å²) in [5.74, 6) is 0. The summed E-state index contributed by atoms with van der Waals surface area (Å²) in [6.45, 7) is 5.52. The van der Waals surface area contributed by atoms with E-state index in [1.807, 2.05) is 18.2 Å². The summed E-state index contributed by atoms with van der Waals surface area (Å²) in [7, 11) is 0. The molecule has 126 valence electrons. The molecule has 0 unspecified atom stereocenters. The summed E-state index contributed by atoms with van der Waals surface area (Å²) in [5.41, 5.74) is 5.47. The molecule has 4 heteroatoms. The third-order valence-corrected chi connectivity index (χ3v) is 4.59. The van der Waals surface area contributed by atoms with E-state index in [9.17, 15) is 5.21 Å². The minimum atomic E-state index is 0.720. The molecule has 0 aromatic heterocycles. The number of rotatable bonds is 5. The molecule has 3 rings (SSSR count). The lowest BCUT2D eigenvalue weighted by Crippen LogP contribution is -2.36. The fourth-order valence-corrected chi connectivity index (χ4v) is 3.08. The number of benzene rings is 2. The smallest absolute Gasteiger partial charge is 0.0871 e. The van der Waals surface area contributed by atoms with E-state index >= 15 is 0 Å². The average molecular weight is 324 g/mol. The molecule has 4 nitrogen and oxygen atoms in total. The molecule has 0 saturated carbocycles. The van der Waals surface area contributed by atoms with E-state index in [-0.39, 0.29) is 0 Å². The Morgan fingerprint density at radius 3 is 2.46 bits per heavy atom. The van der Waals surface area contributed by atoms with Gasteiger partial charge in [0.2, 0.25) is 0 Å². The van der Waals surface area contributed by atoms with Gasteiger partial charge in [0, 0.05) is 18.8 Å². The first kappa shape index (κ1) is 16.5. The van der Waals surface area contributed by atoms with Gasteiger partial charge < -0.3 is 14.8 Å². The van der Waals surface area contributed by atoms with Gasteiger partial charge >= 0.3 is 0 Å². The average Bonchev–Trinajstić information content (AvgIpc) is 2.65. The van der Waals surface area contributed by atoms with Crippen molar-refractivity contribution >= 4 is 11.4 Å². The van der Waals surface area contributed by atoms with E-state index in [4.69, 9.17) is 4.74 Å². The Balaban J connectivity index is 1.66. The molecule has 0 spiro atoms. The zero-order chi connectivity index (χ0) is 16.8. The second kappa shape index (κ2) is 7.97. The van der Waals surface area contributed by atoms with Crippen molar-refractivity contribution < 1.29 is 9.94 Å². The molecular weight excluding hydrogens is 300 g/mol. The Labute approximate surface area is 143 Å². The van der Waals surface area contributed by atoms with Crippen molar-refractivity contribution in [2.45, 2.75) is 19.8 Å². The van der Waals surface area contributed by atoms with Gasteiger partial charge in [-0.3, -0.25) is 0 Å². The summed E-state index contributed by atoms with van der Waals surface area (Å²) in [6.07, 6.45) is 1.59. The molecule has 1 N–H and O–H groups in total. The highest BCUT2D eigenvalue weighted by Crippen LogP contribution is 2.19. The van der Waals surface area contributed by atoms with E-state index in [0.29, 0.717) is 0 Å². The number of hydrogen-bond acceptors (Lipinski definition) is 4. The van der Waals surface area contributed by atoms with Gasteiger partial charge in [0.25, 0.3) is 0 Å². The van der Waals surface area contributed by atoms with Gasteiger partial charge in [-0.25, -0.2) is 0 Å². The maximum atomic E-state index is 9.41. The maximum Gasteiger partial charge on any atom is 0.0871 e. The van der Waals surface area contributed by atoms with Gasteiger partial charge in [0.1, 0.15) is 0 Å². The zero-order valence-corrected chi connectivity index (χ0v) is 14.1. The third-order valence-electron chi connectivity index (χ3n) is 4.59. The lowest BCUT2D eigenvalue weighted by Gasteiger charge is -2.28. The molecule has 1 saturated heterocycles. The minimum absolute atomic E-state index is 0.720. The number of morpholine rings is 1. The molecule has 2 aromatic rings. The molecule has 0 radical (unpaired) electrons. The fourth-order valence-electron chi connectivity index (χ4n) is 3.08. The molecule has 1 heterocycles. The van der Waals surface area contributed by atoms with Crippen LogP contribution in [0.15, 0.2) is 53.7 Å². The molecule has 1 aliphatic rings. The van der Waals surface area contributed by atoms with Gasteiger partial charge in [-0.2, -0.15) is 0 Å². The van der Waals surface area contributed by atoms with Crippen LogP contribution < -0.4 is 4.90 Å². The summed E-state index contributed by atoms with van der Waals surface area (Å²) < 4.78 is 5.39. The largest absolute Gasteiger partial charge is 0.411 e. The Morgan fingerprint density at radius 2 is 1.79 bits per heavy atom. The van der Waals surface area contributed by atoms with Gasteiger partial charge in [-0.1, -0.05) is 41.6 Å². The van der Waals surface area contributed by atoms with Crippen LogP contribution in [0.2, 0.25) is 0 Å². The monoisotopic (exact) mass is 324 g/mol. The van der Waals surface area contributed by atoms with Crippen molar-refractivity contribution in [3.05, 3.63) is 65.2 Å². The van der Waals surface area contributed by atoms with E-state index in [2.05, 4.69) is 47.3 Å². The van der Waals surface area contributed by atoms with Crippen LogP contribution in [-0.2, 0) is 11.2 Å². The van der Waals surface area contributed by atoms with Gasteiger partial charge in [0.05, 0.1) is 18.9 Å². The molecule has 2 aromatic carbocycles. The maximum absolute atomic E-state index is 9.41. The summed E-state index contributed by atoms with van der Waals surface area (Å²) in [5, 5.41) is 12.9. The van der Waals surface area contributed by atoms with E-state index in [0.717, 1.165) is 50.4 Å². The SMILES string of the molecule is Cc1ccccc1CCC(=NO)c1ccc(N2CCOCC2)cc1. The topological polar surface area (TPSA) is 45.1 Å². The second-order valence-corrected chi connectivity index (χ2v) is 6.12. The Morgan fingerprint density at radius 1 is 1.08 bits per heavy atom. The number of anilines is 1. The molecule has 1 aliphatic heterocycles. The van der Waals surface area contributed by atoms with Gasteiger partial charge in [-0.15, -0.1) is 0 Å². The third kappa shape index (κ3) is 3.95. The molecule has 0 atom stereocenters.